The van der Waals surface area contributed by atoms with Gasteiger partial charge in [0.25, 0.3) is 0 Å². The highest BCUT2D eigenvalue weighted by atomic mass is 16.5. The van der Waals surface area contributed by atoms with Crippen LogP contribution in [0.15, 0.2) is 83.4 Å². The molecule has 6 nitrogen and oxygen atoms in total. The van der Waals surface area contributed by atoms with E-state index < -0.39 is 0 Å². The number of amides is 1. The van der Waals surface area contributed by atoms with Crippen molar-refractivity contribution in [1.82, 2.24) is 15.0 Å². The van der Waals surface area contributed by atoms with Crippen molar-refractivity contribution < 1.29 is 14.1 Å². The molecule has 1 unspecified atom stereocenters. The van der Waals surface area contributed by atoms with Crippen molar-refractivity contribution in [3.05, 3.63) is 101 Å². The fourth-order valence-electron chi connectivity index (χ4n) is 4.32. The van der Waals surface area contributed by atoms with Crippen molar-refractivity contribution in [1.29, 1.82) is 0 Å². The fraction of sp³-hybridized carbons (Fsp3) is 0.276. The summed E-state index contributed by atoms with van der Waals surface area (Å²) < 4.78 is 11.5. The van der Waals surface area contributed by atoms with Gasteiger partial charge >= 0.3 is 0 Å². The van der Waals surface area contributed by atoms with E-state index in [9.17, 15) is 4.79 Å². The number of likely N-dealkylation sites (tertiary alicyclic amines) is 1. The van der Waals surface area contributed by atoms with Crippen molar-refractivity contribution >= 4 is 5.91 Å². The molecule has 4 aromatic rings. The van der Waals surface area contributed by atoms with Crippen LogP contribution in [0.1, 0.15) is 61.2 Å². The molecule has 35 heavy (non-hydrogen) atoms. The zero-order valence-electron chi connectivity index (χ0n) is 20.1. The Labute approximate surface area is 205 Å². The Balaban J connectivity index is 1.26. The van der Waals surface area contributed by atoms with Crippen LogP contribution in [-0.4, -0.2) is 20.9 Å². The maximum Gasteiger partial charge on any atom is 0.249 e. The second-order valence-corrected chi connectivity index (χ2v) is 9.23. The lowest BCUT2D eigenvalue weighted by Gasteiger charge is -2.22. The zero-order chi connectivity index (χ0) is 24.2. The molecular weight excluding hydrogens is 438 g/mol. The van der Waals surface area contributed by atoms with E-state index in [0.717, 1.165) is 22.4 Å². The van der Waals surface area contributed by atoms with E-state index in [-0.39, 0.29) is 11.9 Å². The maximum atomic E-state index is 12.6. The lowest BCUT2D eigenvalue weighted by molar-refractivity contribution is -0.129. The summed E-state index contributed by atoms with van der Waals surface area (Å²) in [5.74, 6) is 2.36. The molecule has 2 heterocycles. The van der Waals surface area contributed by atoms with Crippen molar-refractivity contribution in [3.63, 3.8) is 0 Å². The van der Waals surface area contributed by atoms with Gasteiger partial charge in [-0.05, 0) is 53.3 Å². The summed E-state index contributed by atoms with van der Waals surface area (Å²) in [4.78, 5) is 19.1. The first-order valence-corrected chi connectivity index (χ1v) is 12.1. The van der Waals surface area contributed by atoms with E-state index in [4.69, 9.17) is 9.26 Å². The largest absolute Gasteiger partial charge is 0.489 e. The predicted molar refractivity (Wildman–Crippen MR) is 134 cm³/mol. The first-order valence-electron chi connectivity index (χ1n) is 12.1. The predicted octanol–water partition coefficient (Wildman–Crippen LogP) is 6.30. The molecule has 0 radical (unpaired) electrons. The van der Waals surface area contributed by atoms with Gasteiger partial charge in [0.1, 0.15) is 18.4 Å². The van der Waals surface area contributed by atoms with Gasteiger partial charge in [-0.2, -0.15) is 4.98 Å². The van der Waals surface area contributed by atoms with Gasteiger partial charge in [0, 0.05) is 18.5 Å². The fourth-order valence-corrected chi connectivity index (χ4v) is 4.32. The number of nitrogens with zero attached hydrogens (tertiary/aromatic N) is 3. The second-order valence-electron chi connectivity index (χ2n) is 9.23. The maximum absolute atomic E-state index is 12.6. The van der Waals surface area contributed by atoms with E-state index in [1.165, 1.54) is 5.56 Å². The van der Waals surface area contributed by atoms with Gasteiger partial charge in [-0.25, -0.2) is 0 Å². The Kier molecular flexibility index (Phi) is 6.62. The lowest BCUT2D eigenvalue weighted by atomic mass is 10.0. The quantitative estimate of drug-likeness (QED) is 0.304. The molecule has 0 aliphatic carbocycles. The molecule has 0 spiro atoms. The highest BCUT2D eigenvalue weighted by Gasteiger charge is 2.36. The van der Waals surface area contributed by atoms with Gasteiger partial charge in [-0.1, -0.05) is 73.6 Å². The summed E-state index contributed by atoms with van der Waals surface area (Å²) >= 11 is 0. The van der Waals surface area contributed by atoms with Crippen LogP contribution in [0, 0.1) is 0 Å². The van der Waals surface area contributed by atoms with E-state index in [2.05, 4.69) is 48.3 Å². The molecule has 1 aliphatic rings. The third-order valence-electron chi connectivity index (χ3n) is 6.42. The average molecular weight is 468 g/mol. The Morgan fingerprint density at radius 1 is 0.971 bits per heavy atom. The van der Waals surface area contributed by atoms with Crippen molar-refractivity contribution in [2.24, 2.45) is 0 Å². The van der Waals surface area contributed by atoms with Crippen molar-refractivity contribution in [2.45, 2.75) is 51.8 Å². The number of rotatable bonds is 8. The van der Waals surface area contributed by atoms with Crippen LogP contribution >= 0.6 is 0 Å². The summed E-state index contributed by atoms with van der Waals surface area (Å²) in [5.41, 5.74) is 4.34. The topological polar surface area (TPSA) is 68.5 Å². The number of benzene rings is 3. The highest BCUT2D eigenvalue weighted by molar-refractivity contribution is 5.78. The van der Waals surface area contributed by atoms with Crippen LogP contribution in [0.25, 0.3) is 11.4 Å². The number of hydrogen-bond acceptors (Lipinski definition) is 5. The van der Waals surface area contributed by atoms with Gasteiger partial charge < -0.3 is 14.2 Å². The monoisotopic (exact) mass is 467 g/mol. The Morgan fingerprint density at radius 2 is 1.71 bits per heavy atom. The number of aromatic nitrogens is 2. The molecule has 0 saturated carbocycles. The molecule has 0 N–H and O–H groups in total. The van der Waals surface area contributed by atoms with Gasteiger partial charge in [0.15, 0.2) is 0 Å². The minimum Gasteiger partial charge on any atom is -0.489 e. The average Bonchev–Trinajstić information content (AvgIpc) is 3.51. The molecule has 178 valence electrons. The Hall–Kier alpha value is -3.93. The molecule has 0 bridgehead atoms. The number of carbonyl (C=O) groups excluding carboxylic acids is 1. The zero-order valence-corrected chi connectivity index (χ0v) is 20.1. The smallest absolute Gasteiger partial charge is 0.249 e. The minimum atomic E-state index is -0.206. The van der Waals surface area contributed by atoms with Gasteiger partial charge in [-0.15, -0.1) is 0 Å². The van der Waals surface area contributed by atoms with Gasteiger partial charge in [0.05, 0.1) is 0 Å². The number of hydrogen-bond donors (Lipinski definition) is 0. The van der Waals surface area contributed by atoms with E-state index in [0.29, 0.717) is 43.6 Å². The SMILES string of the molecule is CC(C)c1ccc(CN2C(=O)CCC2c2nc(-c3ccc(OCc4ccccc4)cc3)no2)cc1. The Morgan fingerprint density at radius 3 is 2.43 bits per heavy atom. The minimum absolute atomic E-state index is 0.114. The van der Waals surface area contributed by atoms with Gasteiger partial charge in [0.2, 0.25) is 17.6 Å². The summed E-state index contributed by atoms with van der Waals surface area (Å²) in [5, 5.41) is 4.19. The summed E-state index contributed by atoms with van der Waals surface area (Å²) in [6.45, 7) is 5.40. The van der Waals surface area contributed by atoms with Crippen molar-refractivity contribution in [2.75, 3.05) is 0 Å². The van der Waals surface area contributed by atoms with E-state index in [1.54, 1.807) is 0 Å². The van der Waals surface area contributed by atoms with Gasteiger partial charge in [-0.3, -0.25) is 4.79 Å². The molecule has 3 aromatic carbocycles. The molecule has 5 rings (SSSR count). The van der Waals surface area contributed by atoms with Crippen LogP contribution in [-0.2, 0) is 17.9 Å². The summed E-state index contributed by atoms with van der Waals surface area (Å²) in [7, 11) is 0. The molecule has 1 atom stereocenters. The summed E-state index contributed by atoms with van der Waals surface area (Å²) in [6.07, 6.45) is 1.16. The van der Waals surface area contributed by atoms with E-state index in [1.807, 2.05) is 59.5 Å². The molecule has 6 heteroatoms. The van der Waals surface area contributed by atoms with Crippen LogP contribution in [0.2, 0.25) is 0 Å². The number of ether oxygens (including phenoxy) is 1. The first-order chi connectivity index (χ1) is 17.1. The first kappa shape index (κ1) is 22.8. The third kappa shape index (κ3) is 5.27. The molecular formula is C29H29N3O3. The van der Waals surface area contributed by atoms with Crippen LogP contribution < -0.4 is 4.74 Å². The lowest BCUT2D eigenvalue weighted by Crippen LogP contribution is -2.27. The molecule has 1 aromatic heterocycles. The van der Waals surface area contributed by atoms with Crippen molar-refractivity contribution in [3.8, 4) is 17.1 Å². The molecule has 1 aliphatic heterocycles. The normalized spacial score (nSPS) is 15.7. The Bertz CT molecular complexity index is 1260. The van der Waals surface area contributed by atoms with Crippen LogP contribution in [0.4, 0.5) is 0 Å². The standard InChI is InChI=1S/C29H29N3O3/c1-20(2)23-10-8-21(9-11-23)18-32-26(16-17-27(32)33)29-30-28(31-35-29)24-12-14-25(15-13-24)34-19-22-6-4-3-5-7-22/h3-15,20,26H,16-19H2,1-2H3. The van der Waals surface area contributed by atoms with E-state index >= 15 is 0 Å². The molecule has 1 saturated heterocycles. The third-order valence-corrected chi connectivity index (χ3v) is 6.42. The van der Waals surface area contributed by atoms with Crippen LogP contribution in [0.5, 0.6) is 5.75 Å². The molecule has 1 amide bonds. The second kappa shape index (κ2) is 10.1. The van der Waals surface area contributed by atoms with Crippen LogP contribution in [0.3, 0.4) is 0 Å². The summed E-state index contributed by atoms with van der Waals surface area (Å²) in [6, 6.07) is 25.9. The molecule has 1 fully saturated rings. The highest BCUT2D eigenvalue weighted by Crippen LogP contribution is 2.34. The number of carbonyl (C=O) groups is 1.